The maximum atomic E-state index is 5.47. The van der Waals surface area contributed by atoms with Gasteiger partial charge in [0.1, 0.15) is 5.75 Å². The third kappa shape index (κ3) is 7.58. The number of ether oxygens (including phenoxy) is 2. The molecule has 2 saturated heterocycles. The summed E-state index contributed by atoms with van der Waals surface area (Å²) in [5.74, 6) is 2.72. The fraction of sp³-hybridized carbons (Fsp3) is 0.708. The Balaban J connectivity index is 1.29. The molecule has 2 heterocycles. The summed E-state index contributed by atoms with van der Waals surface area (Å²) in [6.45, 7) is 9.40. The van der Waals surface area contributed by atoms with Gasteiger partial charge >= 0.3 is 0 Å². The van der Waals surface area contributed by atoms with E-state index in [4.69, 9.17) is 9.47 Å². The van der Waals surface area contributed by atoms with Gasteiger partial charge in [0.25, 0.3) is 0 Å². The first-order chi connectivity index (χ1) is 15.2. The summed E-state index contributed by atoms with van der Waals surface area (Å²) in [6, 6.07) is 8.40. The molecular weight excluding hydrogens is 390 g/mol. The van der Waals surface area contributed by atoms with Crippen LogP contribution >= 0.6 is 0 Å². The molecule has 0 radical (unpaired) electrons. The number of nitrogens with zero attached hydrogens (tertiary/aromatic N) is 4. The van der Waals surface area contributed by atoms with E-state index >= 15 is 0 Å². The largest absolute Gasteiger partial charge is 0.497 e. The molecule has 0 unspecified atom stereocenters. The minimum absolute atomic E-state index is 0.797. The van der Waals surface area contributed by atoms with Gasteiger partial charge in [-0.3, -0.25) is 9.89 Å². The van der Waals surface area contributed by atoms with E-state index in [1.54, 1.807) is 7.11 Å². The zero-order valence-corrected chi connectivity index (χ0v) is 19.7. The van der Waals surface area contributed by atoms with Crippen molar-refractivity contribution in [3.63, 3.8) is 0 Å². The number of benzene rings is 1. The predicted octanol–water partition coefficient (Wildman–Crippen LogP) is 2.53. The molecule has 1 N–H and O–H groups in total. The minimum atomic E-state index is 0.797. The number of nitrogens with one attached hydrogen (secondary N) is 1. The monoisotopic (exact) mass is 431 g/mol. The summed E-state index contributed by atoms with van der Waals surface area (Å²) in [6.07, 6.45) is 4.76. The molecule has 174 valence electrons. The predicted molar refractivity (Wildman–Crippen MR) is 128 cm³/mol. The molecule has 0 atom stereocenters. The van der Waals surface area contributed by atoms with E-state index in [0.717, 1.165) is 83.1 Å². The van der Waals surface area contributed by atoms with Crippen molar-refractivity contribution in [2.75, 3.05) is 85.1 Å². The molecule has 3 rings (SSSR count). The number of rotatable bonds is 9. The molecule has 0 bridgehead atoms. The number of guanidine groups is 1. The lowest BCUT2D eigenvalue weighted by molar-refractivity contribution is 0.0625. The lowest BCUT2D eigenvalue weighted by Crippen LogP contribution is -2.47. The van der Waals surface area contributed by atoms with Crippen LogP contribution in [0.5, 0.6) is 5.75 Å². The first-order valence-electron chi connectivity index (χ1n) is 11.8. The average Bonchev–Trinajstić information content (AvgIpc) is 2.84. The smallest absolute Gasteiger partial charge is 0.193 e. The van der Waals surface area contributed by atoms with Crippen LogP contribution in [-0.4, -0.2) is 96.0 Å². The van der Waals surface area contributed by atoms with Crippen LogP contribution in [0.15, 0.2) is 29.3 Å². The first-order valence-corrected chi connectivity index (χ1v) is 11.8. The lowest BCUT2D eigenvalue weighted by atomic mass is 9.96. The summed E-state index contributed by atoms with van der Waals surface area (Å²) in [5, 5.41) is 3.54. The van der Waals surface area contributed by atoms with Crippen LogP contribution in [0.25, 0.3) is 0 Å². The normalized spacial score (nSPS) is 18.8. The van der Waals surface area contributed by atoms with Gasteiger partial charge in [-0.2, -0.15) is 0 Å². The van der Waals surface area contributed by atoms with Crippen molar-refractivity contribution < 1.29 is 9.47 Å². The highest BCUT2D eigenvalue weighted by atomic mass is 16.5. The van der Waals surface area contributed by atoms with E-state index in [9.17, 15) is 0 Å². The van der Waals surface area contributed by atoms with Crippen LogP contribution in [0.3, 0.4) is 0 Å². The van der Waals surface area contributed by atoms with Gasteiger partial charge in [0.2, 0.25) is 0 Å². The summed E-state index contributed by atoms with van der Waals surface area (Å²) < 4.78 is 10.7. The van der Waals surface area contributed by atoms with Gasteiger partial charge in [-0.25, -0.2) is 0 Å². The van der Waals surface area contributed by atoms with Crippen LogP contribution < -0.4 is 15.0 Å². The molecule has 2 aliphatic heterocycles. The van der Waals surface area contributed by atoms with Gasteiger partial charge in [-0.05, 0) is 62.4 Å². The molecule has 31 heavy (non-hydrogen) atoms. The molecule has 2 fully saturated rings. The van der Waals surface area contributed by atoms with E-state index in [2.05, 4.69) is 44.2 Å². The lowest BCUT2D eigenvalue weighted by Gasteiger charge is -2.36. The van der Waals surface area contributed by atoms with Gasteiger partial charge in [0.15, 0.2) is 5.96 Å². The molecule has 2 aliphatic rings. The maximum Gasteiger partial charge on any atom is 0.193 e. The zero-order chi connectivity index (χ0) is 21.9. The molecule has 0 saturated carbocycles. The first kappa shape index (κ1) is 23.7. The van der Waals surface area contributed by atoms with Crippen molar-refractivity contribution in [3.8, 4) is 5.75 Å². The number of hydrogen-bond acceptors (Lipinski definition) is 5. The summed E-state index contributed by atoms with van der Waals surface area (Å²) in [7, 11) is 5.74. The highest BCUT2D eigenvalue weighted by molar-refractivity contribution is 5.79. The Kier molecular flexibility index (Phi) is 9.75. The van der Waals surface area contributed by atoms with Crippen LogP contribution in [0.4, 0.5) is 5.69 Å². The van der Waals surface area contributed by atoms with Gasteiger partial charge in [-0.1, -0.05) is 0 Å². The Labute approximate surface area is 188 Å². The Morgan fingerprint density at radius 1 is 1.16 bits per heavy atom. The average molecular weight is 432 g/mol. The van der Waals surface area contributed by atoms with E-state index in [0.29, 0.717) is 0 Å². The van der Waals surface area contributed by atoms with E-state index in [1.165, 1.54) is 24.9 Å². The summed E-state index contributed by atoms with van der Waals surface area (Å²) in [5.41, 5.74) is 1.29. The Morgan fingerprint density at radius 2 is 1.87 bits per heavy atom. The minimum Gasteiger partial charge on any atom is -0.497 e. The highest BCUT2D eigenvalue weighted by Crippen LogP contribution is 2.20. The Bertz CT molecular complexity index is 652. The molecule has 7 nitrogen and oxygen atoms in total. The quantitative estimate of drug-likeness (QED) is 0.368. The van der Waals surface area contributed by atoms with E-state index < -0.39 is 0 Å². The molecule has 0 aliphatic carbocycles. The van der Waals surface area contributed by atoms with Crippen LogP contribution in [-0.2, 0) is 4.74 Å². The van der Waals surface area contributed by atoms with Crippen molar-refractivity contribution >= 4 is 11.6 Å². The summed E-state index contributed by atoms with van der Waals surface area (Å²) in [4.78, 5) is 11.8. The zero-order valence-electron chi connectivity index (χ0n) is 19.7. The number of hydrogen-bond donors (Lipinski definition) is 1. The molecule has 7 heteroatoms. The molecule has 1 aromatic rings. The van der Waals surface area contributed by atoms with Crippen molar-refractivity contribution in [3.05, 3.63) is 24.3 Å². The van der Waals surface area contributed by atoms with Crippen LogP contribution in [0.1, 0.15) is 25.7 Å². The van der Waals surface area contributed by atoms with Crippen molar-refractivity contribution in [2.24, 2.45) is 10.9 Å². The SMILES string of the molecule is CN=C(NCCCN1CCN(c2ccc(OC)cc2)CC1)N(C)CCC1CCOCC1. The van der Waals surface area contributed by atoms with Gasteiger partial charge in [-0.15, -0.1) is 0 Å². The Morgan fingerprint density at radius 3 is 2.52 bits per heavy atom. The molecule has 0 spiro atoms. The van der Waals surface area contributed by atoms with Crippen molar-refractivity contribution in [2.45, 2.75) is 25.7 Å². The third-order valence-corrected chi connectivity index (χ3v) is 6.53. The standard InChI is InChI=1S/C24H41N5O2/c1-25-24(27(2)14-9-21-10-19-31-20-11-21)26-12-4-13-28-15-17-29(18-16-28)22-5-7-23(30-3)8-6-22/h5-8,21H,4,9-20H2,1-3H3,(H,25,26). The fourth-order valence-electron chi connectivity index (χ4n) is 4.43. The van der Waals surface area contributed by atoms with Crippen LogP contribution in [0, 0.1) is 5.92 Å². The molecule has 1 aromatic carbocycles. The number of aliphatic imine (C=N–C) groups is 1. The van der Waals surface area contributed by atoms with Gasteiger partial charge in [0.05, 0.1) is 7.11 Å². The highest BCUT2D eigenvalue weighted by Gasteiger charge is 2.18. The van der Waals surface area contributed by atoms with Crippen LogP contribution in [0.2, 0.25) is 0 Å². The molecule has 0 aromatic heterocycles. The second-order valence-corrected chi connectivity index (χ2v) is 8.62. The maximum absolute atomic E-state index is 5.47. The fourth-order valence-corrected chi connectivity index (χ4v) is 4.43. The van der Waals surface area contributed by atoms with Gasteiger partial charge in [0, 0.05) is 72.3 Å². The third-order valence-electron chi connectivity index (χ3n) is 6.53. The molecular formula is C24H41N5O2. The second-order valence-electron chi connectivity index (χ2n) is 8.62. The van der Waals surface area contributed by atoms with Gasteiger partial charge < -0.3 is 24.6 Å². The number of methoxy groups -OCH3 is 1. The molecule has 0 amide bonds. The van der Waals surface area contributed by atoms with Crippen molar-refractivity contribution in [1.82, 2.24) is 15.1 Å². The second kappa shape index (κ2) is 12.8. The summed E-state index contributed by atoms with van der Waals surface area (Å²) >= 11 is 0. The van der Waals surface area contributed by atoms with E-state index in [1.807, 2.05) is 19.2 Å². The number of anilines is 1. The Hall–Kier alpha value is -1.99. The van der Waals surface area contributed by atoms with Crippen molar-refractivity contribution in [1.29, 1.82) is 0 Å². The number of piperazine rings is 1. The van der Waals surface area contributed by atoms with E-state index in [-0.39, 0.29) is 0 Å². The topological polar surface area (TPSA) is 52.6 Å².